The largest absolute Gasteiger partial charge is 0.0890 e. The lowest BCUT2D eigenvalue weighted by atomic mass is 9.87. The lowest BCUT2D eigenvalue weighted by Gasteiger charge is -2.23. The van der Waals surface area contributed by atoms with Gasteiger partial charge < -0.3 is 0 Å². The van der Waals surface area contributed by atoms with Gasteiger partial charge in [-0.1, -0.05) is 67.0 Å². The minimum atomic E-state index is 0.586. The van der Waals surface area contributed by atoms with Crippen LogP contribution in [0.5, 0.6) is 0 Å². The van der Waals surface area contributed by atoms with Crippen LogP contribution in [0.1, 0.15) is 26.3 Å². The average Bonchev–Trinajstić information content (AvgIpc) is 2.15. The summed E-state index contributed by atoms with van der Waals surface area (Å²) in [5.74, 6) is 1.45. The van der Waals surface area contributed by atoms with Gasteiger partial charge in [0.15, 0.2) is 0 Å². The molecule has 2 unspecified atom stereocenters. The minimum Gasteiger partial charge on any atom is -0.0890 e. The van der Waals surface area contributed by atoms with Crippen LogP contribution in [0, 0.1) is 11.8 Å². The van der Waals surface area contributed by atoms with Crippen molar-refractivity contribution < 1.29 is 0 Å². The average molecular weight is 255 g/mol. The second-order valence-corrected chi connectivity index (χ2v) is 5.72. The summed E-state index contributed by atoms with van der Waals surface area (Å²) in [5.41, 5.74) is 1.44. The van der Waals surface area contributed by atoms with Crippen molar-refractivity contribution in [3.63, 3.8) is 0 Å². The fourth-order valence-corrected chi connectivity index (χ4v) is 2.61. The molecule has 1 rings (SSSR count). The molecule has 0 amide bonds. The van der Waals surface area contributed by atoms with E-state index in [1.807, 2.05) is 0 Å². The topological polar surface area (TPSA) is 0 Å². The van der Waals surface area contributed by atoms with E-state index in [0.29, 0.717) is 4.83 Å². The van der Waals surface area contributed by atoms with Crippen molar-refractivity contribution in [1.29, 1.82) is 0 Å². The number of hydrogen-bond donors (Lipinski definition) is 0. The SMILES string of the molecule is CC(C)C(Cc1ccccc1)C(C)Br. The van der Waals surface area contributed by atoms with E-state index in [1.165, 1.54) is 12.0 Å². The van der Waals surface area contributed by atoms with E-state index in [0.717, 1.165) is 11.8 Å². The number of rotatable bonds is 4. The van der Waals surface area contributed by atoms with E-state index in [-0.39, 0.29) is 0 Å². The normalized spacial score (nSPS) is 15.5. The lowest BCUT2D eigenvalue weighted by molar-refractivity contribution is 0.384. The van der Waals surface area contributed by atoms with Gasteiger partial charge in [0.25, 0.3) is 0 Å². The van der Waals surface area contributed by atoms with Crippen molar-refractivity contribution in [2.75, 3.05) is 0 Å². The van der Waals surface area contributed by atoms with Crippen LogP contribution >= 0.6 is 15.9 Å². The first kappa shape index (κ1) is 11.8. The molecule has 0 aliphatic heterocycles. The van der Waals surface area contributed by atoms with Crippen molar-refractivity contribution in [2.24, 2.45) is 11.8 Å². The maximum Gasteiger partial charge on any atom is 0.0151 e. The molecule has 0 aliphatic rings. The molecule has 1 aromatic rings. The number of halogens is 1. The molecule has 0 N–H and O–H groups in total. The van der Waals surface area contributed by atoms with Gasteiger partial charge in [-0.3, -0.25) is 0 Å². The van der Waals surface area contributed by atoms with E-state index >= 15 is 0 Å². The van der Waals surface area contributed by atoms with Crippen LogP contribution in [-0.2, 0) is 6.42 Å². The van der Waals surface area contributed by atoms with Gasteiger partial charge in [0.05, 0.1) is 0 Å². The van der Waals surface area contributed by atoms with Gasteiger partial charge in [0.1, 0.15) is 0 Å². The molecular formula is C13H19Br. The maximum atomic E-state index is 3.70. The lowest BCUT2D eigenvalue weighted by Crippen LogP contribution is -2.20. The van der Waals surface area contributed by atoms with Crippen molar-refractivity contribution in [3.05, 3.63) is 35.9 Å². The highest BCUT2D eigenvalue weighted by molar-refractivity contribution is 9.09. The van der Waals surface area contributed by atoms with E-state index in [2.05, 4.69) is 67.0 Å². The molecule has 0 spiro atoms. The van der Waals surface area contributed by atoms with Crippen molar-refractivity contribution in [2.45, 2.75) is 32.0 Å². The Hall–Kier alpha value is -0.300. The molecule has 0 aliphatic carbocycles. The van der Waals surface area contributed by atoms with Gasteiger partial charge in [0.2, 0.25) is 0 Å². The smallest absolute Gasteiger partial charge is 0.0151 e. The molecule has 0 saturated carbocycles. The molecule has 0 fully saturated rings. The second kappa shape index (κ2) is 5.55. The number of alkyl halides is 1. The molecule has 0 saturated heterocycles. The second-order valence-electron chi connectivity index (χ2n) is 4.28. The highest BCUT2D eigenvalue weighted by Gasteiger charge is 2.18. The molecule has 0 radical (unpaired) electrons. The van der Waals surface area contributed by atoms with Gasteiger partial charge in [-0.2, -0.15) is 0 Å². The third-order valence-corrected chi connectivity index (χ3v) is 3.44. The van der Waals surface area contributed by atoms with Gasteiger partial charge >= 0.3 is 0 Å². The fourth-order valence-electron chi connectivity index (χ4n) is 1.81. The Morgan fingerprint density at radius 2 is 1.64 bits per heavy atom. The van der Waals surface area contributed by atoms with E-state index < -0.39 is 0 Å². The Morgan fingerprint density at radius 3 is 2.07 bits per heavy atom. The zero-order valence-electron chi connectivity index (χ0n) is 9.20. The third kappa shape index (κ3) is 3.45. The summed E-state index contributed by atoms with van der Waals surface area (Å²) in [6, 6.07) is 10.7. The molecule has 2 atom stereocenters. The van der Waals surface area contributed by atoms with Crippen molar-refractivity contribution >= 4 is 15.9 Å². The molecule has 14 heavy (non-hydrogen) atoms. The molecule has 0 heterocycles. The molecule has 0 bridgehead atoms. The zero-order valence-corrected chi connectivity index (χ0v) is 10.8. The Bertz CT molecular complexity index is 243. The molecule has 0 nitrogen and oxygen atoms in total. The van der Waals surface area contributed by atoms with Gasteiger partial charge in [-0.15, -0.1) is 0 Å². The van der Waals surface area contributed by atoms with Crippen LogP contribution in [0.2, 0.25) is 0 Å². The highest BCUT2D eigenvalue weighted by atomic mass is 79.9. The highest BCUT2D eigenvalue weighted by Crippen LogP contribution is 2.25. The Labute approximate surface area is 95.9 Å². The number of benzene rings is 1. The maximum absolute atomic E-state index is 3.70. The Morgan fingerprint density at radius 1 is 1.07 bits per heavy atom. The summed E-state index contributed by atoms with van der Waals surface area (Å²) >= 11 is 3.70. The summed E-state index contributed by atoms with van der Waals surface area (Å²) in [6.07, 6.45) is 1.17. The molecule has 1 aromatic carbocycles. The number of hydrogen-bond acceptors (Lipinski definition) is 0. The van der Waals surface area contributed by atoms with E-state index in [9.17, 15) is 0 Å². The summed E-state index contributed by atoms with van der Waals surface area (Å²) in [7, 11) is 0. The van der Waals surface area contributed by atoms with Gasteiger partial charge in [-0.25, -0.2) is 0 Å². The van der Waals surface area contributed by atoms with Crippen molar-refractivity contribution in [1.82, 2.24) is 0 Å². The first-order valence-electron chi connectivity index (χ1n) is 5.29. The van der Waals surface area contributed by atoms with E-state index in [1.54, 1.807) is 0 Å². The third-order valence-electron chi connectivity index (χ3n) is 2.76. The van der Waals surface area contributed by atoms with Crippen LogP contribution in [0.25, 0.3) is 0 Å². The summed E-state index contributed by atoms with van der Waals surface area (Å²) in [6.45, 7) is 6.84. The first-order chi connectivity index (χ1) is 6.61. The summed E-state index contributed by atoms with van der Waals surface area (Å²) < 4.78 is 0. The summed E-state index contributed by atoms with van der Waals surface area (Å²) in [5, 5.41) is 0. The predicted octanol–water partition coefficient (Wildman–Crippen LogP) is 4.28. The standard InChI is InChI=1S/C13H19Br/c1-10(2)13(11(3)14)9-12-7-5-4-6-8-12/h4-8,10-11,13H,9H2,1-3H3. The van der Waals surface area contributed by atoms with Gasteiger partial charge in [-0.05, 0) is 23.8 Å². The zero-order chi connectivity index (χ0) is 10.6. The fraction of sp³-hybridized carbons (Fsp3) is 0.538. The Balaban J connectivity index is 2.65. The molecule has 78 valence electrons. The quantitative estimate of drug-likeness (QED) is 0.704. The minimum absolute atomic E-state index is 0.586. The summed E-state index contributed by atoms with van der Waals surface area (Å²) in [4.78, 5) is 0.586. The van der Waals surface area contributed by atoms with Gasteiger partial charge in [0, 0.05) is 4.83 Å². The van der Waals surface area contributed by atoms with Crippen molar-refractivity contribution in [3.8, 4) is 0 Å². The van der Waals surface area contributed by atoms with Crippen LogP contribution in [0.3, 0.4) is 0 Å². The van der Waals surface area contributed by atoms with Crippen LogP contribution < -0.4 is 0 Å². The molecular weight excluding hydrogens is 236 g/mol. The first-order valence-corrected chi connectivity index (χ1v) is 6.21. The predicted molar refractivity (Wildman–Crippen MR) is 66.9 cm³/mol. The Kier molecular flexibility index (Phi) is 4.67. The van der Waals surface area contributed by atoms with E-state index in [4.69, 9.17) is 0 Å². The monoisotopic (exact) mass is 254 g/mol. The molecule has 1 heteroatoms. The van der Waals surface area contributed by atoms with Crippen LogP contribution in [-0.4, -0.2) is 4.83 Å². The molecule has 0 aromatic heterocycles. The van der Waals surface area contributed by atoms with Crippen LogP contribution in [0.15, 0.2) is 30.3 Å². The van der Waals surface area contributed by atoms with Crippen LogP contribution in [0.4, 0.5) is 0 Å².